The number of aromatic nitrogens is 2. The highest BCUT2D eigenvalue weighted by Gasteiger charge is 2.26. The van der Waals surface area contributed by atoms with Gasteiger partial charge in [0.1, 0.15) is 11.4 Å². The maximum absolute atomic E-state index is 13.2. The van der Waals surface area contributed by atoms with Crippen LogP contribution in [-0.4, -0.2) is 45.3 Å². The SMILES string of the molecule is CC(C)(C)OC(=O)NC(CC(=O)N1CCc2[nH]ncc2C1)Cc1ccc(F)cc1. The highest BCUT2D eigenvalue weighted by Crippen LogP contribution is 2.18. The first-order valence-electron chi connectivity index (χ1n) is 9.72. The van der Waals surface area contributed by atoms with E-state index in [0.717, 1.165) is 23.2 Å². The van der Waals surface area contributed by atoms with Crippen molar-refractivity contribution in [2.75, 3.05) is 6.54 Å². The summed E-state index contributed by atoms with van der Waals surface area (Å²) in [5, 5.41) is 9.78. The van der Waals surface area contributed by atoms with Crippen molar-refractivity contribution >= 4 is 12.0 Å². The molecule has 1 aliphatic rings. The number of fused-ring (bicyclic) bond motifs is 1. The lowest BCUT2D eigenvalue weighted by atomic mass is 10.0. The molecule has 0 spiro atoms. The molecule has 2 amide bonds. The molecule has 29 heavy (non-hydrogen) atoms. The normalized spacial score (nSPS) is 14.8. The molecule has 1 aromatic heterocycles. The molecule has 0 saturated heterocycles. The average molecular weight is 402 g/mol. The molecule has 2 aromatic rings. The van der Waals surface area contributed by atoms with E-state index in [1.807, 2.05) is 0 Å². The summed E-state index contributed by atoms with van der Waals surface area (Å²) in [6.45, 7) is 6.44. The molecule has 2 N–H and O–H groups in total. The van der Waals surface area contributed by atoms with Gasteiger partial charge in [-0.2, -0.15) is 5.10 Å². The van der Waals surface area contributed by atoms with Gasteiger partial charge in [-0.3, -0.25) is 9.89 Å². The predicted molar refractivity (Wildman–Crippen MR) is 106 cm³/mol. The fourth-order valence-electron chi connectivity index (χ4n) is 3.33. The van der Waals surface area contributed by atoms with Gasteiger partial charge < -0.3 is 15.0 Å². The standard InChI is InChI=1S/C21H27FN4O3/c1-21(2,3)29-20(28)24-17(10-14-4-6-16(22)7-5-14)11-19(27)26-9-8-18-15(13-26)12-23-25-18/h4-7,12,17H,8-11,13H2,1-3H3,(H,23,25)(H,24,28). The molecule has 0 saturated carbocycles. The number of amides is 2. The third-order valence-electron chi connectivity index (χ3n) is 4.69. The number of carbonyl (C=O) groups excluding carboxylic acids is 2. The minimum absolute atomic E-state index is 0.0555. The summed E-state index contributed by atoms with van der Waals surface area (Å²) >= 11 is 0. The van der Waals surface area contributed by atoms with Crippen LogP contribution in [0.3, 0.4) is 0 Å². The summed E-state index contributed by atoms with van der Waals surface area (Å²) in [4.78, 5) is 26.9. The van der Waals surface area contributed by atoms with Gasteiger partial charge in [0.25, 0.3) is 0 Å². The number of alkyl carbamates (subject to hydrolysis) is 1. The van der Waals surface area contributed by atoms with Gasteiger partial charge in [0.2, 0.25) is 5.91 Å². The van der Waals surface area contributed by atoms with Gasteiger partial charge in [0.15, 0.2) is 0 Å². The smallest absolute Gasteiger partial charge is 0.407 e. The molecule has 2 heterocycles. The lowest BCUT2D eigenvalue weighted by Crippen LogP contribution is -2.44. The first kappa shape index (κ1) is 20.8. The zero-order valence-corrected chi connectivity index (χ0v) is 17.0. The minimum atomic E-state index is -0.640. The van der Waals surface area contributed by atoms with Crippen molar-refractivity contribution in [3.63, 3.8) is 0 Å². The van der Waals surface area contributed by atoms with Crippen molar-refractivity contribution in [1.29, 1.82) is 0 Å². The summed E-state index contributed by atoms with van der Waals surface area (Å²) in [6, 6.07) is 5.58. The maximum Gasteiger partial charge on any atom is 0.407 e. The molecule has 7 nitrogen and oxygen atoms in total. The van der Waals surface area contributed by atoms with Crippen molar-refractivity contribution in [2.24, 2.45) is 0 Å². The summed E-state index contributed by atoms with van der Waals surface area (Å²) in [6.07, 6.45) is 2.42. The van der Waals surface area contributed by atoms with E-state index in [0.29, 0.717) is 19.5 Å². The van der Waals surface area contributed by atoms with E-state index in [1.165, 1.54) is 12.1 Å². The Hall–Kier alpha value is -2.90. The van der Waals surface area contributed by atoms with Gasteiger partial charge >= 0.3 is 6.09 Å². The van der Waals surface area contributed by atoms with Crippen LogP contribution >= 0.6 is 0 Å². The number of hydrogen-bond acceptors (Lipinski definition) is 4. The number of hydrogen-bond donors (Lipinski definition) is 2. The molecule has 0 aliphatic carbocycles. The Morgan fingerprint density at radius 2 is 2.03 bits per heavy atom. The van der Waals surface area contributed by atoms with Crippen LogP contribution in [0, 0.1) is 5.82 Å². The Morgan fingerprint density at radius 1 is 1.31 bits per heavy atom. The number of carbonyl (C=O) groups is 2. The number of H-pyrrole nitrogens is 1. The number of rotatable bonds is 5. The molecule has 3 rings (SSSR count). The summed E-state index contributed by atoms with van der Waals surface area (Å²) in [7, 11) is 0. The largest absolute Gasteiger partial charge is 0.444 e. The molecule has 1 unspecified atom stereocenters. The second kappa shape index (κ2) is 8.63. The third kappa shape index (κ3) is 6.04. The van der Waals surface area contributed by atoms with Gasteiger partial charge in [-0.25, -0.2) is 9.18 Å². The van der Waals surface area contributed by atoms with Gasteiger partial charge in [-0.05, 0) is 44.9 Å². The number of nitrogens with one attached hydrogen (secondary N) is 2. The van der Waals surface area contributed by atoms with Gasteiger partial charge in [0, 0.05) is 43.2 Å². The zero-order valence-electron chi connectivity index (χ0n) is 17.0. The van der Waals surface area contributed by atoms with Crippen LogP contribution in [-0.2, 0) is 28.9 Å². The van der Waals surface area contributed by atoms with E-state index < -0.39 is 17.7 Å². The first-order chi connectivity index (χ1) is 13.7. The van der Waals surface area contributed by atoms with E-state index in [4.69, 9.17) is 4.74 Å². The van der Waals surface area contributed by atoms with Crippen LogP contribution in [0.25, 0.3) is 0 Å². The molecule has 0 fully saturated rings. The number of ether oxygens (including phenoxy) is 1. The average Bonchev–Trinajstić information content (AvgIpc) is 3.09. The first-order valence-corrected chi connectivity index (χ1v) is 9.72. The van der Waals surface area contributed by atoms with Crippen LogP contribution in [0.1, 0.15) is 44.0 Å². The molecule has 8 heteroatoms. The van der Waals surface area contributed by atoms with E-state index in [2.05, 4.69) is 15.5 Å². The Bertz CT molecular complexity index is 858. The number of halogens is 1. The van der Waals surface area contributed by atoms with Crippen LogP contribution in [0.15, 0.2) is 30.5 Å². The van der Waals surface area contributed by atoms with E-state index in [-0.39, 0.29) is 18.1 Å². The molecule has 0 radical (unpaired) electrons. The summed E-state index contributed by atoms with van der Waals surface area (Å²) in [5.41, 5.74) is 2.26. The van der Waals surface area contributed by atoms with Gasteiger partial charge in [-0.15, -0.1) is 0 Å². The summed E-state index contributed by atoms with van der Waals surface area (Å²) in [5.74, 6) is -0.384. The molecule has 1 aromatic carbocycles. The van der Waals surface area contributed by atoms with Crippen LogP contribution in [0.5, 0.6) is 0 Å². The van der Waals surface area contributed by atoms with Crippen LogP contribution in [0.2, 0.25) is 0 Å². The van der Waals surface area contributed by atoms with Gasteiger partial charge in [0.05, 0.1) is 6.20 Å². The fraction of sp³-hybridized carbons (Fsp3) is 0.476. The van der Waals surface area contributed by atoms with Crippen molar-refractivity contribution in [3.8, 4) is 0 Å². The number of nitrogens with zero attached hydrogens (tertiary/aromatic N) is 2. The topological polar surface area (TPSA) is 87.3 Å². The number of aromatic amines is 1. The van der Waals surface area contributed by atoms with Crippen LogP contribution < -0.4 is 5.32 Å². The maximum atomic E-state index is 13.2. The molecule has 1 aliphatic heterocycles. The quantitative estimate of drug-likeness (QED) is 0.805. The van der Waals surface area contributed by atoms with Crippen LogP contribution in [0.4, 0.5) is 9.18 Å². The molecule has 1 atom stereocenters. The highest BCUT2D eigenvalue weighted by molar-refractivity contribution is 5.78. The predicted octanol–water partition coefficient (Wildman–Crippen LogP) is 2.96. The van der Waals surface area contributed by atoms with Crippen molar-refractivity contribution < 1.29 is 18.7 Å². The second-order valence-electron chi connectivity index (χ2n) is 8.32. The Kier molecular flexibility index (Phi) is 6.20. The molecular formula is C21H27FN4O3. The van der Waals surface area contributed by atoms with E-state index in [9.17, 15) is 14.0 Å². The van der Waals surface area contributed by atoms with Gasteiger partial charge in [-0.1, -0.05) is 12.1 Å². The molecule has 156 valence electrons. The lowest BCUT2D eigenvalue weighted by Gasteiger charge is -2.29. The third-order valence-corrected chi connectivity index (χ3v) is 4.69. The van der Waals surface area contributed by atoms with Crippen molar-refractivity contribution in [3.05, 3.63) is 53.1 Å². The second-order valence-corrected chi connectivity index (χ2v) is 8.32. The van der Waals surface area contributed by atoms with Crippen molar-refractivity contribution in [2.45, 2.75) is 58.2 Å². The zero-order chi connectivity index (χ0) is 21.0. The monoisotopic (exact) mass is 402 g/mol. The van der Waals surface area contributed by atoms with Crippen molar-refractivity contribution in [1.82, 2.24) is 20.4 Å². The highest BCUT2D eigenvalue weighted by atomic mass is 19.1. The Labute approximate surface area is 169 Å². The Morgan fingerprint density at radius 3 is 2.72 bits per heavy atom. The molecule has 0 bridgehead atoms. The van der Waals surface area contributed by atoms with E-state index >= 15 is 0 Å². The molecular weight excluding hydrogens is 375 g/mol. The Balaban J connectivity index is 1.67. The fourth-order valence-corrected chi connectivity index (χ4v) is 3.33. The number of benzene rings is 1. The minimum Gasteiger partial charge on any atom is -0.444 e. The van der Waals surface area contributed by atoms with E-state index in [1.54, 1.807) is 44.0 Å². The summed E-state index contributed by atoms with van der Waals surface area (Å²) < 4.78 is 18.6. The lowest BCUT2D eigenvalue weighted by molar-refractivity contribution is -0.132.